The summed E-state index contributed by atoms with van der Waals surface area (Å²) in [5, 5.41) is 5.24. The van der Waals surface area contributed by atoms with Gasteiger partial charge in [-0.25, -0.2) is 0 Å². The maximum atomic E-state index is 12.2. The van der Waals surface area contributed by atoms with E-state index in [9.17, 15) is 4.79 Å². The van der Waals surface area contributed by atoms with Crippen molar-refractivity contribution in [3.63, 3.8) is 0 Å². The van der Waals surface area contributed by atoms with Crippen LogP contribution in [-0.4, -0.2) is 13.0 Å². The van der Waals surface area contributed by atoms with Gasteiger partial charge in [0.2, 0.25) is 0 Å². The molecular weight excluding hydrogens is 298 g/mol. The number of aryl methyl sites for hydroxylation is 1. The smallest absolute Gasteiger partial charge is 0.251 e. The van der Waals surface area contributed by atoms with E-state index in [1.807, 2.05) is 48.5 Å². The molecule has 0 saturated heterocycles. The van der Waals surface area contributed by atoms with Crippen LogP contribution in [0.2, 0.25) is 0 Å². The standard InChI is InChI=1S/C21H21NO2/c1-3-15-4-7-17(8-5-15)21(23)22-14-16-6-9-19-13-20(24-2)11-10-18(19)12-16/h4-13H,3,14H2,1-2H3,(H,22,23). The molecule has 1 N–H and O–H groups in total. The highest BCUT2D eigenvalue weighted by molar-refractivity contribution is 5.94. The topological polar surface area (TPSA) is 38.3 Å². The van der Waals surface area contributed by atoms with Crippen molar-refractivity contribution >= 4 is 16.7 Å². The number of rotatable bonds is 5. The molecule has 0 fully saturated rings. The molecule has 0 unspecified atom stereocenters. The highest BCUT2D eigenvalue weighted by Gasteiger charge is 2.05. The van der Waals surface area contributed by atoms with Crippen LogP contribution < -0.4 is 10.1 Å². The lowest BCUT2D eigenvalue weighted by Crippen LogP contribution is -2.22. The minimum Gasteiger partial charge on any atom is -0.497 e. The first kappa shape index (κ1) is 16.1. The van der Waals surface area contributed by atoms with E-state index >= 15 is 0 Å². The van der Waals surface area contributed by atoms with Crippen LogP contribution in [0.3, 0.4) is 0 Å². The van der Waals surface area contributed by atoms with Crippen LogP contribution in [0.15, 0.2) is 60.7 Å². The van der Waals surface area contributed by atoms with Gasteiger partial charge in [0.05, 0.1) is 7.11 Å². The number of methoxy groups -OCH3 is 1. The van der Waals surface area contributed by atoms with Crippen LogP contribution in [0.4, 0.5) is 0 Å². The van der Waals surface area contributed by atoms with Gasteiger partial charge in [-0.05, 0) is 58.7 Å². The minimum atomic E-state index is -0.0486. The Morgan fingerprint density at radius 1 is 0.917 bits per heavy atom. The number of nitrogens with one attached hydrogen (secondary N) is 1. The minimum absolute atomic E-state index is 0.0486. The van der Waals surface area contributed by atoms with Gasteiger partial charge >= 0.3 is 0 Å². The van der Waals surface area contributed by atoms with E-state index in [4.69, 9.17) is 4.74 Å². The molecule has 3 rings (SSSR count). The summed E-state index contributed by atoms with van der Waals surface area (Å²) in [4.78, 5) is 12.2. The maximum Gasteiger partial charge on any atom is 0.251 e. The molecule has 122 valence electrons. The first-order chi connectivity index (χ1) is 11.7. The zero-order chi connectivity index (χ0) is 16.9. The van der Waals surface area contributed by atoms with E-state index in [1.54, 1.807) is 7.11 Å². The Bertz CT molecular complexity index is 853. The summed E-state index contributed by atoms with van der Waals surface area (Å²) in [5.41, 5.74) is 3.00. The molecule has 0 spiro atoms. The molecule has 0 aliphatic carbocycles. The number of amides is 1. The fourth-order valence-corrected chi connectivity index (χ4v) is 2.69. The van der Waals surface area contributed by atoms with Gasteiger partial charge in [0.15, 0.2) is 0 Å². The first-order valence-electron chi connectivity index (χ1n) is 8.13. The summed E-state index contributed by atoms with van der Waals surface area (Å²) in [6.07, 6.45) is 0.976. The van der Waals surface area contributed by atoms with Crippen molar-refractivity contribution in [1.82, 2.24) is 5.32 Å². The van der Waals surface area contributed by atoms with E-state index in [2.05, 4.69) is 24.4 Å². The Kier molecular flexibility index (Phi) is 4.80. The molecule has 1 amide bonds. The highest BCUT2D eigenvalue weighted by Crippen LogP contribution is 2.21. The second-order valence-electron chi connectivity index (χ2n) is 5.78. The molecular formula is C21H21NO2. The number of ether oxygens (including phenoxy) is 1. The van der Waals surface area contributed by atoms with Crippen LogP contribution in [-0.2, 0) is 13.0 Å². The molecule has 0 aromatic heterocycles. The third-order valence-electron chi connectivity index (χ3n) is 4.19. The molecule has 3 aromatic rings. The normalized spacial score (nSPS) is 10.6. The summed E-state index contributed by atoms with van der Waals surface area (Å²) in [5.74, 6) is 0.798. The van der Waals surface area contributed by atoms with E-state index in [1.165, 1.54) is 5.56 Å². The number of carbonyl (C=O) groups excluding carboxylic acids is 1. The molecule has 3 heteroatoms. The second kappa shape index (κ2) is 7.18. The monoisotopic (exact) mass is 319 g/mol. The Morgan fingerprint density at radius 2 is 1.58 bits per heavy atom. The molecule has 0 radical (unpaired) electrons. The molecule has 3 nitrogen and oxygen atoms in total. The fraction of sp³-hybridized carbons (Fsp3) is 0.190. The van der Waals surface area contributed by atoms with Crippen LogP contribution in [0.5, 0.6) is 5.75 Å². The zero-order valence-corrected chi connectivity index (χ0v) is 14.0. The average molecular weight is 319 g/mol. The van der Waals surface area contributed by atoms with Gasteiger partial charge in [0.25, 0.3) is 5.91 Å². The van der Waals surface area contributed by atoms with E-state index < -0.39 is 0 Å². The first-order valence-corrected chi connectivity index (χ1v) is 8.13. The van der Waals surface area contributed by atoms with Gasteiger partial charge in [-0.1, -0.05) is 37.3 Å². The van der Waals surface area contributed by atoms with Gasteiger partial charge < -0.3 is 10.1 Å². The predicted octanol–water partition coefficient (Wildman–Crippen LogP) is 4.34. The highest BCUT2D eigenvalue weighted by atomic mass is 16.5. The summed E-state index contributed by atoms with van der Waals surface area (Å²) >= 11 is 0. The Morgan fingerprint density at radius 3 is 2.29 bits per heavy atom. The maximum absolute atomic E-state index is 12.2. The lowest BCUT2D eigenvalue weighted by Gasteiger charge is -2.08. The number of carbonyl (C=O) groups is 1. The second-order valence-corrected chi connectivity index (χ2v) is 5.78. The van der Waals surface area contributed by atoms with Crippen molar-refractivity contribution in [3.8, 4) is 5.75 Å². The molecule has 24 heavy (non-hydrogen) atoms. The van der Waals surface area contributed by atoms with Crippen molar-refractivity contribution < 1.29 is 9.53 Å². The van der Waals surface area contributed by atoms with Crippen molar-refractivity contribution in [2.24, 2.45) is 0 Å². The zero-order valence-electron chi connectivity index (χ0n) is 14.0. The summed E-state index contributed by atoms with van der Waals surface area (Å²) in [7, 11) is 1.66. The lowest BCUT2D eigenvalue weighted by atomic mass is 10.1. The molecule has 0 atom stereocenters. The quantitative estimate of drug-likeness (QED) is 0.759. The van der Waals surface area contributed by atoms with E-state index in [-0.39, 0.29) is 5.91 Å². The number of hydrogen-bond acceptors (Lipinski definition) is 2. The van der Waals surface area contributed by atoms with Crippen molar-refractivity contribution in [3.05, 3.63) is 77.4 Å². The Labute approximate surface area is 142 Å². The number of benzene rings is 3. The summed E-state index contributed by atoms with van der Waals surface area (Å²) < 4.78 is 5.24. The fourth-order valence-electron chi connectivity index (χ4n) is 2.69. The number of hydrogen-bond donors (Lipinski definition) is 1. The predicted molar refractivity (Wildman–Crippen MR) is 97.5 cm³/mol. The van der Waals surface area contributed by atoms with Gasteiger partial charge in [-0.2, -0.15) is 0 Å². The van der Waals surface area contributed by atoms with Gasteiger partial charge in [-0.3, -0.25) is 4.79 Å². The summed E-state index contributed by atoms with van der Waals surface area (Å²) in [6, 6.07) is 19.9. The average Bonchev–Trinajstić information content (AvgIpc) is 2.65. The largest absolute Gasteiger partial charge is 0.497 e. The van der Waals surface area contributed by atoms with Crippen LogP contribution in [0.25, 0.3) is 10.8 Å². The van der Waals surface area contributed by atoms with Crippen molar-refractivity contribution in [1.29, 1.82) is 0 Å². The SMILES string of the molecule is CCc1ccc(C(=O)NCc2ccc3cc(OC)ccc3c2)cc1. The van der Waals surface area contributed by atoms with Gasteiger partial charge in [0.1, 0.15) is 5.75 Å². The molecule has 3 aromatic carbocycles. The summed E-state index contributed by atoms with van der Waals surface area (Å²) in [6.45, 7) is 2.61. The molecule has 0 bridgehead atoms. The molecule has 0 aliphatic heterocycles. The van der Waals surface area contributed by atoms with Gasteiger partial charge in [0, 0.05) is 12.1 Å². The third kappa shape index (κ3) is 3.57. The van der Waals surface area contributed by atoms with Crippen LogP contribution >= 0.6 is 0 Å². The Hall–Kier alpha value is -2.81. The van der Waals surface area contributed by atoms with E-state index in [0.29, 0.717) is 12.1 Å². The Balaban J connectivity index is 1.69. The molecule has 0 saturated carbocycles. The lowest BCUT2D eigenvalue weighted by molar-refractivity contribution is 0.0951. The van der Waals surface area contributed by atoms with Crippen molar-refractivity contribution in [2.45, 2.75) is 19.9 Å². The van der Waals surface area contributed by atoms with Crippen LogP contribution in [0.1, 0.15) is 28.4 Å². The molecule has 0 heterocycles. The molecule has 0 aliphatic rings. The van der Waals surface area contributed by atoms with E-state index in [0.717, 1.165) is 28.5 Å². The van der Waals surface area contributed by atoms with Crippen molar-refractivity contribution in [2.75, 3.05) is 7.11 Å². The number of fused-ring (bicyclic) bond motifs is 1. The van der Waals surface area contributed by atoms with Crippen LogP contribution in [0, 0.1) is 0 Å². The van der Waals surface area contributed by atoms with Gasteiger partial charge in [-0.15, -0.1) is 0 Å². The third-order valence-corrected chi connectivity index (χ3v) is 4.19.